The number of aromatic nitrogens is 1. The molecule has 0 saturated carbocycles. The molecule has 0 bridgehead atoms. The number of unbranched alkanes of at least 4 members (excludes halogenated alkanes) is 1. The smallest absolute Gasteiger partial charge is 0.299 e. The fourth-order valence-electron chi connectivity index (χ4n) is 1.59. The predicted octanol–water partition coefficient (Wildman–Crippen LogP) is 3.24. The molecule has 1 heterocycles. The number of hydrogen-bond acceptors (Lipinski definition) is 2. The van der Waals surface area contributed by atoms with Crippen LogP contribution in [0.1, 0.15) is 12.8 Å². The van der Waals surface area contributed by atoms with Crippen LogP contribution in [0.4, 0.5) is 0 Å². The fraction of sp³-hybridized carbons (Fsp3) is 0.364. The Kier molecular flexibility index (Phi) is 3.59. The van der Waals surface area contributed by atoms with Crippen LogP contribution in [0, 0.1) is 0 Å². The van der Waals surface area contributed by atoms with E-state index in [0.29, 0.717) is 0 Å². The van der Waals surface area contributed by atoms with Crippen molar-refractivity contribution in [3.63, 3.8) is 0 Å². The molecule has 1 aromatic heterocycles. The molecule has 0 saturated heterocycles. The Morgan fingerprint density at radius 2 is 2.07 bits per heavy atom. The zero-order valence-corrected chi connectivity index (χ0v) is 10.7. The molecule has 15 heavy (non-hydrogen) atoms. The van der Waals surface area contributed by atoms with Crippen molar-refractivity contribution in [1.29, 1.82) is 0 Å². The highest BCUT2D eigenvalue weighted by molar-refractivity contribution is 9.09. The van der Waals surface area contributed by atoms with Crippen molar-refractivity contribution >= 4 is 37.5 Å². The van der Waals surface area contributed by atoms with Gasteiger partial charge in [0.2, 0.25) is 0 Å². The Morgan fingerprint density at radius 3 is 2.87 bits per heavy atom. The van der Waals surface area contributed by atoms with Gasteiger partial charge in [0, 0.05) is 11.9 Å². The summed E-state index contributed by atoms with van der Waals surface area (Å²) >= 11 is 4.73. The first kappa shape index (κ1) is 10.9. The number of halogens is 1. The maximum atomic E-state index is 11.7. The molecule has 0 N–H and O–H groups in total. The van der Waals surface area contributed by atoms with Crippen LogP contribution in [0.15, 0.2) is 29.1 Å². The molecule has 4 heteroatoms. The Bertz CT molecular complexity index is 503. The summed E-state index contributed by atoms with van der Waals surface area (Å²) < 4.78 is 2.96. The van der Waals surface area contributed by atoms with Crippen LogP contribution in [0.5, 0.6) is 0 Å². The van der Waals surface area contributed by atoms with E-state index in [1.54, 1.807) is 0 Å². The summed E-state index contributed by atoms with van der Waals surface area (Å²) in [6.07, 6.45) is 2.16. The summed E-state index contributed by atoms with van der Waals surface area (Å²) in [7, 11) is 0. The van der Waals surface area contributed by atoms with Crippen molar-refractivity contribution in [2.24, 2.45) is 0 Å². The van der Waals surface area contributed by atoms with Crippen LogP contribution < -0.4 is 4.87 Å². The van der Waals surface area contributed by atoms with Gasteiger partial charge in [-0.1, -0.05) is 39.4 Å². The predicted molar refractivity (Wildman–Crippen MR) is 69.1 cm³/mol. The average molecular weight is 286 g/mol. The molecule has 2 rings (SSSR count). The van der Waals surface area contributed by atoms with Gasteiger partial charge in [-0.25, -0.2) is 0 Å². The Labute approximate surface area is 101 Å². The van der Waals surface area contributed by atoms with Gasteiger partial charge in [-0.2, -0.15) is 0 Å². The number of para-hydroxylation sites is 1. The lowest BCUT2D eigenvalue weighted by Gasteiger charge is -2.01. The lowest BCUT2D eigenvalue weighted by molar-refractivity contribution is 0.645. The van der Waals surface area contributed by atoms with Crippen LogP contribution in [0.2, 0.25) is 0 Å². The molecule has 0 aliphatic heterocycles. The van der Waals surface area contributed by atoms with Crippen molar-refractivity contribution in [2.75, 3.05) is 5.33 Å². The van der Waals surface area contributed by atoms with Gasteiger partial charge in [0.25, 0.3) is 0 Å². The van der Waals surface area contributed by atoms with Crippen LogP contribution in [0.25, 0.3) is 10.2 Å². The van der Waals surface area contributed by atoms with Gasteiger partial charge in [-0.3, -0.25) is 9.36 Å². The highest BCUT2D eigenvalue weighted by Gasteiger charge is 2.05. The van der Waals surface area contributed by atoms with Gasteiger partial charge >= 0.3 is 4.87 Å². The molecule has 0 fully saturated rings. The molecule has 2 aromatic rings. The molecule has 0 radical (unpaired) electrons. The molecular weight excluding hydrogens is 274 g/mol. The lowest BCUT2D eigenvalue weighted by atomic mass is 10.3. The van der Waals surface area contributed by atoms with Gasteiger partial charge in [0.15, 0.2) is 0 Å². The second-order valence-electron chi connectivity index (χ2n) is 3.38. The minimum Gasteiger partial charge on any atom is -0.299 e. The standard InChI is InChI=1S/C11H12BrNOS/c12-7-3-4-8-13-9-5-1-2-6-10(9)15-11(13)14/h1-2,5-6H,3-4,7-8H2. The first-order valence-electron chi connectivity index (χ1n) is 4.97. The number of nitrogens with zero attached hydrogens (tertiary/aromatic N) is 1. The van der Waals surface area contributed by atoms with E-state index >= 15 is 0 Å². The average Bonchev–Trinajstić information content (AvgIpc) is 2.56. The molecule has 0 aliphatic carbocycles. The van der Waals surface area contributed by atoms with E-state index < -0.39 is 0 Å². The number of aryl methyl sites for hydroxylation is 1. The summed E-state index contributed by atoms with van der Waals surface area (Å²) in [6, 6.07) is 7.97. The third kappa shape index (κ3) is 2.32. The number of alkyl halides is 1. The second-order valence-corrected chi connectivity index (χ2v) is 5.17. The zero-order chi connectivity index (χ0) is 10.7. The van der Waals surface area contributed by atoms with E-state index in [4.69, 9.17) is 0 Å². The quantitative estimate of drug-likeness (QED) is 0.624. The van der Waals surface area contributed by atoms with Crippen LogP contribution >= 0.6 is 27.3 Å². The van der Waals surface area contributed by atoms with E-state index in [0.717, 1.165) is 34.9 Å². The molecular formula is C11H12BrNOS. The van der Waals surface area contributed by atoms with Gasteiger partial charge in [-0.15, -0.1) is 0 Å². The highest BCUT2D eigenvalue weighted by Crippen LogP contribution is 2.16. The number of rotatable bonds is 4. The normalized spacial score (nSPS) is 11.0. The third-order valence-corrected chi connectivity index (χ3v) is 3.86. The first-order valence-corrected chi connectivity index (χ1v) is 6.91. The molecule has 0 spiro atoms. The van der Waals surface area contributed by atoms with Crippen LogP contribution in [-0.2, 0) is 6.54 Å². The van der Waals surface area contributed by atoms with Crippen molar-refractivity contribution < 1.29 is 0 Å². The molecule has 0 amide bonds. The summed E-state index contributed by atoms with van der Waals surface area (Å²) in [4.78, 5) is 11.9. The van der Waals surface area contributed by atoms with E-state index in [2.05, 4.69) is 15.9 Å². The van der Waals surface area contributed by atoms with Crippen molar-refractivity contribution in [3.05, 3.63) is 33.9 Å². The van der Waals surface area contributed by atoms with Crippen molar-refractivity contribution in [1.82, 2.24) is 4.57 Å². The van der Waals surface area contributed by atoms with Crippen LogP contribution in [-0.4, -0.2) is 9.90 Å². The molecule has 0 aliphatic rings. The molecule has 0 atom stereocenters. The summed E-state index contributed by atoms with van der Waals surface area (Å²) in [5.41, 5.74) is 1.07. The minimum absolute atomic E-state index is 0.158. The van der Waals surface area contributed by atoms with Crippen molar-refractivity contribution in [3.8, 4) is 0 Å². The van der Waals surface area contributed by atoms with Gasteiger partial charge in [0.1, 0.15) is 0 Å². The SMILES string of the molecule is O=c1sc2ccccc2n1CCCCBr. The Hall–Kier alpha value is -0.610. The van der Waals surface area contributed by atoms with Crippen LogP contribution in [0.3, 0.4) is 0 Å². The number of benzene rings is 1. The molecule has 1 aromatic carbocycles. The number of fused-ring (bicyclic) bond motifs is 1. The maximum absolute atomic E-state index is 11.7. The minimum atomic E-state index is 0.158. The van der Waals surface area contributed by atoms with Crippen molar-refractivity contribution in [2.45, 2.75) is 19.4 Å². The van der Waals surface area contributed by atoms with E-state index in [-0.39, 0.29) is 4.87 Å². The van der Waals surface area contributed by atoms with Gasteiger partial charge < -0.3 is 0 Å². The Morgan fingerprint density at radius 1 is 1.27 bits per heavy atom. The monoisotopic (exact) mass is 285 g/mol. The summed E-state index contributed by atoms with van der Waals surface area (Å²) in [6.45, 7) is 0.828. The van der Waals surface area contributed by atoms with Gasteiger partial charge in [0.05, 0.1) is 10.2 Å². The largest absolute Gasteiger partial charge is 0.308 e. The topological polar surface area (TPSA) is 22.0 Å². The lowest BCUT2D eigenvalue weighted by Crippen LogP contribution is -2.12. The fourth-order valence-corrected chi connectivity index (χ4v) is 2.90. The summed E-state index contributed by atoms with van der Waals surface area (Å²) in [5, 5.41) is 1.00. The molecule has 0 unspecified atom stereocenters. The zero-order valence-electron chi connectivity index (χ0n) is 8.28. The maximum Gasteiger partial charge on any atom is 0.308 e. The summed E-state index contributed by atoms with van der Waals surface area (Å²) in [5.74, 6) is 0. The second kappa shape index (κ2) is 4.94. The number of hydrogen-bond donors (Lipinski definition) is 0. The van der Waals surface area contributed by atoms with E-state index in [1.807, 2.05) is 28.8 Å². The number of thiazole rings is 1. The van der Waals surface area contributed by atoms with Gasteiger partial charge in [-0.05, 0) is 25.0 Å². The van der Waals surface area contributed by atoms with E-state index in [1.165, 1.54) is 11.3 Å². The first-order chi connectivity index (χ1) is 7.33. The van der Waals surface area contributed by atoms with E-state index in [9.17, 15) is 4.79 Å². The Balaban J connectivity index is 2.33. The molecule has 2 nitrogen and oxygen atoms in total. The molecule has 80 valence electrons. The highest BCUT2D eigenvalue weighted by atomic mass is 79.9. The third-order valence-electron chi connectivity index (χ3n) is 2.34.